The number of benzene rings is 2. The molecular formula is C18H16ClN3OS. The van der Waals surface area contributed by atoms with Crippen molar-refractivity contribution in [3.63, 3.8) is 0 Å². The highest BCUT2D eigenvalue weighted by molar-refractivity contribution is 7.14. The third-order valence-corrected chi connectivity index (χ3v) is 4.59. The van der Waals surface area contributed by atoms with E-state index in [1.54, 1.807) is 12.1 Å². The van der Waals surface area contributed by atoms with Crippen LogP contribution in [0.3, 0.4) is 0 Å². The molecule has 122 valence electrons. The van der Waals surface area contributed by atoms with Crippen molar-refractivity contribution < 1.29 is 4.79 Å². The fourth-order valence-electron chi connectivity index (χ4n) is 2.37. The highest BCUT2D eigenvalue weighted by atomic mass is 35.5. The molecule has 0 bridgehead atoms. The molecule has 2 amide bonds. The number of carbonyl (C=O) groups is 1. The van der Waals surface area contributed by atoms with Crippen LogP contribution in [-0.4, -0.2) is 11.0 Å². The van der Waals surface area contributed by atoms with E-state index >= 15 is 0 Å². The third-order valence-electron chi connectivity index (χ3n) is 3.50. The molecule has 3 aromatic rings. The molecule has 3 rings (SSSR count). The van der Waals surface area contributed by atoms with E-state index in [0.29, 0.717) is 15.8 Å². The molecule has 0 saturated heterocycles. The second-order valence-corrected chi connectivity index (χ2v) is 6.68. The van der Waals surface area contributed by atoms with Gasteiger partial charge in [0, 0.05) is 10.9 Å². The van der Waals surface area contributed by atoms with E-state index in [-0.39, 0.29) is 6.03 Å². The molecule has 4 nitrogen and oxygen atoms in total. The van der Waals surface area contributed by atoms with Gasteiger partial charge in [-0.25, -0.2) is 9.78 Å². The maximum Gasteiger partial charge on any atom is 0.325 e. The highest BCUT2D eigenvalue weighted by Crippen LogP contribution is 2.28. The summed E-state index contributed by atoms with van der Waals surface area (Å²) in [6.07, 6.45) is 0. The van der Waals surface area contributed by atoms with Crippen LogP contribution >= 0.6 is 22.9 Å². The van der Waals surface area contributed by atoms with Crippen LogP contribution in [0.2, 0.25) is 5.02 Å². The largest absolute Gasteiger partial charge is 0.325 e. The maximum atomic E-state index is 12.1. The second-order valence-electron chi connectivity index (χ2n) is 5.42. The predicted molar refractivity (Wildman–Crippen MR) is 101 cm³/mol. The van der Waals surface area contributed by atoms with Gasteiger partial charge in [-0.1, -0.05) is 47.5 Å². The lowest BCUT2D eigenvalue weighted by atomic mass is 10.0. The Kier molecular flexibility index (Phi) is 4.83. The molecule has 24 heavy (non-hydrogen) atoms. The van der Waals surface area contributed by atoms with E-state index < -0.39 is 0 Å². The fourth-order valence-corrected chi connectivity index (χ4v) is 3.26. The van der Waals surface area contributed by atoms with Gasteiger partial charge < -0.3 is 5.32 Å². The van der Waals surface area contributed by atoms with Crippen LogP contribution in [0.25, 0.3) is 11.3 Å². The van der Waals surface area contributed by atoms with Gasteiger partial charge in [-0.15, -0.1) is 11.3 Å². The van der Waals surface area contributed by atoms with Gasteiger partial charge in [0.1, 0.15) is 0 Å². The van der Waals surface area contributed by atoms with Crippen molar-refractivity contribution in [1.29, 1.82) is 0 Å². The van der Waals surface area contributed by atoms with Gasteiger partial charge in [0.15, 0.2) is 5.13 Å². The Bertz CT molecular complexity index is 891. The number of aromatic nitrogens is 1. The van der Waals surface area contributed by atoms with Crippen LogP contribution in [0.5, 0.6) is 0 Å². The summed E-state index contributed by atoms with van der Waals surface area (Å²) in [5, 5.41) is 8.41. The zero-order valence-corrected chi connectivity index (χ0v) is 14.8. The third kappa shape index (κ3) is 3.75. The first-order chi connectivity index (χ1) is 11.5. The highest BCUT2D eigenvalue weighted by Gasteiger charge is 2.10. The number of carbonyl (C=O) groups excluding carboxylic acids is 1. The smallest absolute Gasteiger partial charge is 0.306 e. The van der Waals surface area contributed by atoms with Crippen molar-refractivity contribution >= 4 is 39.8 Å². The van der Waals surface area contributed by atoms with Crippen LogP contribution in [0.15, 0.2) is 47.8 Å². The molecular weight excluding hydrogens is 342 g/mol. The Morgan fingerprint density at radius 3 is 2.67 bits per heavy atom. The van der Waals surface area contributed by atoms with Crippen molar-refractivity contribution in [2.45, 2.75) is 13.8 Å². The van der Waals surface area contributed by atoms with E-state index in [1.165, 1.54) is 16.9 Å². The Morgan fingerprint density at radius 2 is 1.92 bits per heavy atom. The second kappa shape index (κ2) is 7.03. The first kappa shape index (κ1) is 16.5. The zero-order valence-electron chi connectivity index (χ0n) is 13.3. The first-order valence-electron chi connectivity index (χ1n) is 7.38. The zero-order chi connectivity index (χ0) is 17.1. The number of thiazole rings is 1. The number of halogens is 1. The van der Waals surface area contributed by atoms with Crippen molar-refractivity contribution in [2.75, 3.05) is 10.6 Å². The number of para-hydroxylation sites is 1. The molecule has 2 aromatic carbocycles. The number of amides is 2. The molecule has 0 atom stereocenters. The summed E-state index contributed by atoms with van der Waals surface area (Å²) in [5.41, 5.74) is 4.85. The Morgan fingerprint density at radius 1 is 1.12 bits per heavy atom. The van der Waals surface area contributed by atoms with Crippen LogP contribution in [-0.2, 0) is 0 Å². The fraction of sp³-hybridized carbons (Fsp3) is 0.111. The maximum absolute atomic E-state index is 12.1. The number of nitrogens with one attached hydrogen (secondary N) is 2. The summed E-state index contributed by atoms with van der Waals surface area (Å²) in [7, 11) is 0. The number of anilines is 2. The van der Waals surface area contributed by atoms with Gasteiger partial charge in [-0.2, -0.15) is 0 Å². The monoisotopic (exact) mass is 357 g/mol. The van der Waals surface area contributed by atoms with Gasteiger partial charge in [-0.3, -0.25) is 5.32 Å². The molecule has 0 aliphatic heterocycles. The standard InChI is InChI=1S/C18H16ClN3OS/c1-11-7-8-13(12(2)9-11)16-10-24-18(21-16)22-17(23)20-15-6-4-3-5-14(15)19/h3-10H,1-2H3,(H2,20,21,22,23). The molecule has 0 spiro atoms. The first-order valence-corrected chi connectivity index (χ1v) is 8.64. The van der Waals surface area contributed by atoms with Crippen LogP contribution < -0.4 is 10.6 Å². The van der Waals surface area contributed by atoms with Crippen molar-refractivity contribution in [2.24, 2.45) is 0 Å². The van der Waals surface area contributed by atoms with Crippen molar-refractivity contribution in [1.82, 2.24) is 4.98 Å². The molecule has 0 unspecified atom stereocenters. The predicted octanol–water partition coefficient (Wildman–Crippen LogP) is 5.72. The van der Waals surface area contributed by atoms with E-state index in [9.17, 15) is 4.79 Å². The van der Waals surface area contributed by atoms with E-state index in [0.717, 1.165) is 16.8 Å². The summed E-state index contributed by atoms with van der Waals surface area (Å²) in [6, 6.07) is 12.9. The quantitative estimate of drug-likeness (QED) is 0.629. The molecule has 6 heteroatoms. The summed E-state index contributed by atoms with van der Waals surface area (Å²) >= 11 is 7.41. The Labute approximate surface area is 149 Å². The lowest BCUT2D eigenvalue weighted by Crippen LogP contribution is -2.19. The van der Waals surface area contributed by atoms with Gasteiger partial charge >= 0.3 is 6.03 Å². The Balaban J connectivity index is 1.72. The SMILES string of the molecule is Cc1ccc(-c2csc(NC(=O)Nc3ccccc3Cl)n2)c(C)c1. The Hall–Kier alpha value is -2.37. The average molecular weight is 358 g/mol. The van der Waals surface area contributed by atoms with E-state index in [4.69, 9.17) is 11.6 Å². The topological polar surface area (TPSA) is 54.0 Å². The minimum Gasteiger partial charge on any atom is -0.306 e. The summed E-state index contributed by atoms with van der Waals surface area (Å²) in [5.74, 6) is 0. The summed E-state index contributed by atoms with van der Waals surface area (Å²) in [6.45, 7) is 4.11. The van der Waals surface area contributed by atoms with E-state index in [1.807, 2.05) is 23.6 Å². The van der Waals surface area contributed by atoms with Crippen molar-refractivity contribution in [3.8, 4) is 11.3 Å². The van der Waals surface area contributed by atoms with Gasteiger partial charge in [0.2, 0.25) is 0 Å². The number of hydrogen-bond acceptors (Lipinski definition) is 3. The molecule has 1 heterocycles. The number of urea groups is 1. The summed E-state index contributed by atoms with van der Waals surface area (Å²) < 4.78 is 0. The number of aryl methyl sites for hydroxylation is 2. The molecule has 2 N–H and O–H groups in total. The minimum absolute atomic E-state index is 0.371. The molecule has 0 saturated carbocycles. The number of hydrogen-bond donors (Lipinski definition) is 2. The van der Waals surface area contributed by atoms with E-state index in [2.05, 4.69) is 41.6 Å². The molecule has 0 aliphatic carbocycles. The van der Waals surface area contributed by atoms with Crippen LogP contribution in [0, 0.1) is 13.8 Å². The molecule has 0 radical (unpaired) electrons. The normalized spacial score (nSPS) is 10.5. The van der Waals surface area contributed by atoms with Crippen LogP contribution in [0.1, 0.15) is 11.1 Å². The molecule has 0 aliphatic rings. The summed E-state index contributed by atoms with van der Waals surface area (Å²) in [4.78, 5) is 16.6. The molecule has 0 fully saturated rings. The number of rotatable bonds is 3. The molecule has 1 aromatic heterocycles. The average Bonchev–Trinajstić information content (AvgIpc) is 2.97. The van der Waals surface area contributed by atoms with Gasteiger partial charge in [-0.05, 0) is 31.5 Å². The lowest BCUT2D eigenvalue weighted by Gasteiger charge is -2.07. The van der Waals surface area contributed by atoms with Crippen molar-refractivity contribution in [3.05, 3.63) is 64.0 Å². The van der Waals surface area contributed by atoms with Gasteiger partial charge in [0.25, 0.3) is 0 Å². The minimum atomic E-state index is -0.371. The van der Waals surface area contributed by atoms with Gasteiger partial charge in [0.05, 0.1) is 16.4 Å². The van der Waals surface area contributed by atoms with Crippen LogP contribution in [0.4, 0.5) is 15.6 Å². The lowest BCUT2D eigenvalue weighted by molar-refractivity contribution is 0.262. The number of nitrogens with zero attached hydrogens (tertiary/aromatic N) is 1.